The Kier molecular flexibility index (Phi) is 5.37. The van der Waals surface area contributed by atoms with Crippen LogP contribution >= 0.6 is 0 Å². The number of benzene rings is 2. The maximum atomic E-state index is 11.4. The summed E-state index contributed by atoms with van der Waals surface area (Å²) >= 11 is 0. The van der Waals surface area contributed by atoms with Gasteiger partial charge in [0.1, 0.15) is 11.5 Å². The average molecular weight is 296 g/mol. The minimum atomic E-state index is 0.0714. The van der Waals surface area contributed by atoms with Crippen molar-refractivity contribution in [2.24, 2.45) is 0 Å². The summed E-state index contributed by atoms with van der Waals surface area (Å²) in [6.45, 7) is 1.84. The van der Waals surface area contributed by atoms with Gasteiger partial charge in [-0.25, -0.2) is 0 Å². The van der Waals surface area contributed by atoms with E-state index in [1.54, 1.807) is 30.3 Å². The Bertz CT molecular complexity index is 594. The molecule has 22 heavy (non-hydrogen) atoms. The Morgan fingerprint density at radius 3 is 1.82 bits per heavy atom. The fourth-order valence-corrected chi connectivity index (χ4v) is 2.33. The first-order chi connectivity index (χ1) is 10.6. The molecule has 3 heteroatoms. The van der Waals surface area contributed by atoms with Crippen LogP contribution < -0.4 is 0 Å². The van der Waals surface area contributed by atoms with Crippen LogP contribution in [0.15, 0.2) is 60.7 Å². The number of allylic oxidation sites excluding steroid dienone is 2. The van der Waals surface area contributed by atoms with Crippen molar-refractivity contribution in [1.82, 2.24) is 0 Å². The van der Waals surface area contributed by atoms with Gasteiger partial charge < -0.3 is 10.2 Å². The molecular formula is C19H20O3. The van der Waals surface area contributed by atoms with Gasteiger partial charge in [-0.05, 0) is 47.9 Å². The summed E-state index contributed by atoms with van der Waals surface area (Å²) < 4.78 is 0. The molecule has 114 valence electrons. The van der Waals surface area contributed by atoms with E-state index in [2.05, 4.69) is 0 Å². The van der Waals surface area contributed by atoms with Crippen molar-refractivity contribution in [3.05, 3.63) is 71.8 Å². The second kappa shape index (κ2) is 7.46. The van der Waals surface area contributed by atoms with E-state index in [4.69, 9.17) is 0 Å². The summed E-state index contributed by atoms with van der Waals surface area (Å²) in [5.74, 6) is 0.632. The Balaban J connectivity index is 2.27. The predicted molar refractivity (Wildman–Crippen MR) is 87.1 cm³/mol. The van der Waals surface area contributed by atoms with Crippen LogP contribution in [0.25, 0.3) is 0 Å². The lowest BCUT2D eigenvalue weighted by Crippen LogP contribution is -2.00. The largest absolute Gasteiger partial charge is 0.508 e. The standard InChI is InChI=1S/C19H20O3/c1-2-16(20)4-3-5-19(14-6-10-17(21)11-7-14)15-8-12-18(22)13-9-15/h3-4,6-13,19,21-22H,2,5H2,1H3. The Morgan fingerprint density at radius 1 is 0.955 bits per heavy atom. The van der Waals surface area contributed by atoms with E-state index in [0.717, 1.165) is 11.1 Å². The molecule has 0 aliphatic rings. The van der Waals surface area contributed by atoms with E-state index < -0.39 is 0 Å². The maximum Gasteiger partial charge on any atom is 0.155 e. The number of hydrogen-bond acceptors (Lipinski definition) is 3. The summed E-state index contributed by atoms with van der Waals surface area (Å²) in [6.07, 6.45) is 4.69. The lowest BCUT2D eigenvalue weighted by atomic mass is 9.88. The maximum absolute atomic E-state index is 11.4. The smallest absolute Gasteiger partial charge is 0.155 e. The summed E-state index contributed by atoms with van der Waals surface area (Å²) in [5.41, 5.74) is 2.11. The van der Waals surface area contributed by atoms with Crippen LogP contribution in [0.3, 0.4) is 0 Å². The molecule has 3 nitrogen and oxygen atoms in total. The van der Waals surface area contributed by atoms with Crippen LogP contribution in [0, 0.1) is 0 Å². The fourth-order valence-electron chi connectivity index (χ4n) is 2.33. The van der Waals surface area contributed by atoms with Crippen molar-refractivity contribution in [3.63, 3.8) is 0 Å². The van der Waals surface area contributed by atoms with E-state index in [0.29, 0.717) is 12.8 Å². The van der Waals surface area contributed by atoms with Crippen LogP contribution in [0.1, 0.15) is 36.8 Å². The molecule has 0 heterocycles. The molecule has 0 saturated heterocycles. The first kappa shape index (κ1) is 15.8. The summed E-state index contributed by atoms with van der Waals surface area (Å²) in [6, 6.07) is 14.1. The van der Waals surface area contributed by atoms with Crippen LogP contribution in [0.5, 0.6) is 11.5 Å². The number of ketones is 1. The third kappa shape index (κ3) is 4.22. The highest BCUT2D eigenvalue weighted by Crippen LogP contribution is 2.30. The van der Waals surface area contributed by atoms with Crippen molar-refractivity contribution in [3.8, 4) is 11.5 Å². The van der Waals surface area contributed by atoms with Crippen LogP contribution in [0.2, 0.25) is 0 Å². The lowest BCUT2D eigenvalue weighted by Gasteiger charge is -2.16. The van der Waals surface area contributed by atoms with Gasteiger partial charge in [0, 0.05) is 12.3 Å². The average Bonchev–Trinajstić information content (AvgIpc) is 2.53. The SMILES string of the molecule is CCC(=O)C=CCC(c1ccc(O)cc1)c1ccc(O)cc1. The van der Waals surface area contributed by atoms with Gasteiger partial charge in [0.05, 0.1) is 0 Å². The highest BCUT2D eigenvalue weighted by molar-refractivity contribution is 5.89. The second-order valence-corrected chi connectivity index (χ2v) is 5.19. The lowest BCUT2D eigenvalue weighted by molar-refractivity contribution is -0.114. The molecular weight excluding hydrogens is 276 g/mol. The predicted octanol–water partition coefficient (Wildman–Crippen LogP) is 4.16. The molecule has 0 amide bonds. The zero-order valence-corrected chi connectivity index (χ0v) is 12.6. The third-order valence-corrected chi connectivity index (χ3v) is 3.61. The number of carbonyl (C=O) groups excluding carboxylic acids is 1. The van der Waals surface area contributed by atoms with Crippen molar-refractivity contribution in [2.45, 2.75) is 25.7 Å². The molecule has 0 unspecified atom stereocenters. The van der Waals surface area contributed by atoms with Gasteiger partial charge in [-0.3, -0.25) is 4.79 Å². The molecule has 2 N–H and O–H groups in total. The minimum absolute atomic E-state index is 0.0714. The molecule has 0 spiro atoms. The molecule has 2 aromatic rings. The number of rotatable bonds is 6. The Hall–Kier alpha value is -2.55. The van der Waals surface area contributed by atoms with Gasteiger partial charge >= 0.3 is 0 Å². The van der Waals surface area contributed by atoms with Crippen molar-refractivity contribution in [1.29, 1.82) is 0 Å². The number of aromatic hydroxyl groups is 2. The van der Waals surface area contributed by atoms with Gasteiger partial charge in [0.25, 0.3) is 0 Å². The van der Waals surface area contributed by atoms with Gasteiger partial charge in [0.15, 0.2) is 5.78 Å². The summed E-state index contributed by atoms with van der Waals surface area (Å²) in [5, 5.41) is 18.9. The molecule has 0 bridgehead atoms. The number of hydrogen-bond donors (Lipinski definition) is 2. The third-order valence-electron chi connectivity index (χ3n) is 3.61. The summed E-state index contributed by atoms with van der Waals surface area (Å²) in [7, 11) is 0. The highest BCUT2D eigenvalue weighted by atomic mass is 16.3. The zero-order chi connectivity index (χ0) is 15.9. The molecule has 2 aromatic carbocycles. The van der Waals surface area contributed by atoms with Crippen molar-refractivity contribution >= 4 is 5.78 Å². The van der Waals surface area contributed by atoms with E-state index >= 15 is 0 Å². The summed E-state index contributed by atoms with van der Waals surface area (Å²) in [4.78, 5) is 11.4. The van der Waals surface area contributed by atoms with E-state index in [9.17, 15) is 15.0 Å². The van der Waals surface area contributed by atoms with Crippen molar-refractivity contribution < 1.29 is 15.0 Å². The molecule has 0 fully saturated rings. The Labute approximate surface area is 130 Å². The fraction of sp³-hybridized carbons (Fsp3) is 0.211. The van der Waals surface area contributed by atoms with Gasteiger partial charge in [0.2, 0.25) is 0 Å². The molecule has 0 radical (unpaired) electrons. The number of carbonyl (C=O) groups is 1. The first-order valence-corrected chi connectivity index (χ1v) is 7.37. The molecule has 2 rings (SSSR count). The number of phenolic OH excluding ortho intramolecular Hbond substituents is 2. The monoisotopic (exact) mass is 296 g/mol. The topological polar surface area (TPSA) is 57.5 Å². The quantitative estimate of drug-likeness (QED) is 0.787. The second-order valence-electron chi connectivity index (χ2n) is 5.19. The van der Waals surface area contributed by atoms with Crippen molar-refractivity contribution in [2.75, 3.05) is 0 Å². The van der Waals surface area contributed by atoms with E-state index in [-0.39, 0.29) is 23.2 Å². The molecule has 0 atom stereocenters. The first-order valence-electron chi connectivity index (χ1n) is 7.37. The van der Waals surface area contributed by atoms with Gasteiger partial charge in [-0.2, -0.15) is 0 Å². The van der Waals surface area contributed by atoms with Crippen LogP contribution in [-0.4, -0.2) is 16.0 Å². The van der Waals surface area contributed by atoms with E-state index in [1.807, 2.05) is 37.3 Å². The molecule has 0 saturated carbocycles. The minimum Gasteiger partial charge on any atom is -0.508 e. The highest BCUT2D eigenvalue weighted by Gasteiger charge is 2.13. The van der Waals surface area contributed by atoms with Crippen LogP contribution in [-0.2, 0) is 4.79 Å². The van der Waals surface area contributed by atoms with Gasteiger partial charge in [-0.1, -0.05) is 37.3 Å². The number of phenols is 2. The zero-order valence-electron chi connectivity index (χ0n) is 12.6. The van der Waals surface area contributed by atoms with Gasteiger partial charge in [-0.15, -0.1) is 0 Å². The molecule has 0 aliphatic carbocycles. The van der Waals surface area contributed by atoms with Crippen LogP contribution in [0.4, 0.5) is 0 Å². The normalized spacial score (nSPS) is 11.2. The molecule has 0 aliphatic heterocycles. The Morgan fingerprint density at radius 2 is 1.41 bits per heavy atom. The molecule has 0 aromatic heterocycles. The van der Waals surface area contributed by atoms with E-state index in [1.165, 1.54) is 0 Å².